The summed E-state index contributed by atoms with van der Waals surface area (Å²) in [5, 5.41) is 8.41. The smallest absolute Gasteiger partial charge is 0.329 e. The Morgan fingerprint density at radius 2 is 2.42 bits per heavy atom. The molecule has 3 nitrogen and oxygen atoms in total. The third-order valence-electron chi connectivity index (χ3n) is 2.04. The minimum absolute atomic E-state index is 0.0788. The van der Waals surface area contributed by atoms with E-state index >= 15 is 0 Å². The molecule has 0 amide bonds. The highest BCUT2D eigenvalue weighted by Crippen LogP contribution is 2.39. The van der Waals surface area contributed by atoms with Crippen molar-refractivity contribution in [2.75, 3.05) is 12.4 Å². The van der Waals surface area contributed by atoms with E-state index in [1.165, 1.54) is 0 Å². The molecular weight excluding hydrogens is 176 g/mol. The number of hydrogen-bond donors (Lipinski definition) is 1. The monoisotopic (exact) mass is 190 g/mol. The average molecular weight is 190 g/mol. The van der Waals surface area contributed by atoms with Crippen molar-refractivity contribution in [2.45, 2.75) is 31.1 Å². The SMILES string of the molecule is CC1(C)SCCC1OCC(=O)O. The Bertz CT molecular complexity index is 179. The molecule has 1 N–H and O–H groups in total. The lowest BCUT2D eigenvalue weighted by molar-refractivity contribution is -0.144. The molecule has 1 aliphatic heterocycles. The van der Waals surface area contributed by atoms with Gasteiger partial charge in [-0.2, -0.15) is 11.8 Å². The van der Waals surface area contributed by atoms with E-state index in [1.807, 2.05) is 11.8 Å². The molecule has 0 saturated carbocycles. The molecule has 0 aromatic carbocycles. The molecule has 0 aliphatic carbocycles. The number of carboxylic acid groups (broad SMARTS) is 1. The van der Waals surface area contributed by atoms with Gasteiger partial charge in [0.2, 0.25) is 0 Å². The number of ether oxygens (including phenoxy) is 1. The number of thioether (sulfide) groups is 1. The van der Waals surface area contributed by atoms with Gasteiger partial charge in [-0.15, -0.1) is 0 Å². The first-order chi connectivity index (χ1) is 5.52. The Labute approximate surface area is 76.5 Å². The summed E-state index contributed by atoms with van der Waals surface area (Å²) in [6.07, 6.45) is 1.06. The van der Waals surface area contributed by atoms with E-state index in [1.54, 1.807) is 0 Å². The Kier molecular flexibility index (Phi) is 3.01. The van der Waals surface area contributed by atoms with Crippen LogP contribution < -0.4 is 0 Å². The minimum Gasteiger partial charge on any atom is -0.480 e. The van der Waals surface area contributed by atoms with E-state index in [0.717, 1.165) is 12.2 Å². The first-order valence-corrected chi connectivity index (χ1v) is 4.98. The Balaban J connectivity index is 2.36. The van der Waals surface area contributed by atoms with Crippen molar-refractivity contribution in [1.29, 1.82) is 0 Å². The van der Waals surface area contributed by atoms with Gasteiger partial charge < -0.3 is 9.84 Å². The molecule has 1 fully saturated rings. The van der Waals surface area contributed by atoms with E-state index < -0.39 is 5.97 Å². The zero-order valence-electron chi connectivity index (χ0n) is 7.37. The molecule has 4 heteroatoms. The van der Waals surface area contributed by atoms with Gasteiger partial charge in [-0.1, -0.05) is 0 Å². The van der Waals surface area contributed by atoms with Gasteiger partial charge in [-0.25, -0.2) is 4.79 Å². The summed E-state index contributed by atoms with van der Waals surface area (Å²) in [5.41, 5.74) is 0. The van der Waals surface area contributed by atoms with Crippen molar-refractivity contribution < 1.29 is 14.6 Å². The van der Waals surface area contributed by atoms with Gasteiger partial charge in [0.15, 0.2) is 0 Å². The van der Waals surface area contributed by atoms with E-state index in [0.29, 0.717) is 0 Å². The van der Waals surface area contributed by atoms with Crippen molar-refractivity contribution in [3.05, 3.63) is 0 Å². The highest BCUT2D eigenvalue weighted by atomic mass is 32.2. The minimum atomic E-state index is -0.886. The summed E-state index contributed by atoms with van der Waals surface area (Å²) in [6.45, 7) is 4.02. The Hall–Kier alpha value is -0.220. The molecule has 1 rings (SSSR count). The second-order valence-electron chi connectivity index (χ2n) is 3.43. The van der Waals surface area contributed by atoms with Crippen molar-refractivity contribution in [3.8, 4) is 0 Å². The van der Waals surface area contributed by atoms with Crippen molar-refractivity contribution in [3.63, 3.8) is 0 Å². The lowest BCUT2D eigenvalue weighted by atomic mass is 10.0. The molecule has 1 unspecified atom stereocenters. The zero-order chi connectivity index (χ0) is 9.19. The largest absolute Gasteiger partial charge is 0.480 e. The zero-order valence-corrected chi connectivity index (χ0v) is 8.19. The topological polar surface area (TPSA) is 46.5 Å². The second-order valence-corrected chi connectivity index (χ2v) is 5.18. The van der Waals surface area contributed by atoms with Crippen LogP contribution in [0.4, 0.5) is 0 Å². The first kappa shape index (κ1) is 9.86. The molecule has 1 aliphatic rings. The van der Waals surface area contributed by atoms with Gasteiger partial charge in [-0.05, 0) is 26.0 Å². The van der Waals surface area contributed by atoms with Crippen LogP contribution in [0.5, 0.6) is 0 Å². The van der Waals surface area contributed by atoms with Gasteiger partial charge in [-0.3, -0.25) is 0 Å². The molecule has 0 spiro atoms. The fraction of sp³-hybridized carbons (Fsp3) is 0.875. The second kappa shape index (κ2) is 3.66. The van der Waals surface area contributed by atoms with Crippen molar-refractivity contribution in [2.24, 2.45) is 0 Å². The molecule has 0 aromatic heterocycles. The standard InChI is InChI=1S/C8H14O3S/c1-8(2)6(3-4-12-8)11-5-7(9)10/h6H,3-5H2,1-2H3,(H,9,10). The summed E-state index contributed by atoms with van der Waals surface area (Å²) in [6, 6.07) is 0. The fourth-order valence-corrected chi connectivity index (χ4v) is 2.56. The summed E-state index contributed by atoms with van der Waals surface area (Å²) < 4.78 is 5.34. The van der Waals surface area contributed by atoms with Crippen LogP contribution in [0.2, 0.25) is 0 Å². The fourth-order valence-electron chi connectivity index (χ4n) is 1.33. The van der Waals surface area contributed by atoms with E-state index in [2.05, 4.69) is 13.8 Å². The number of carbonyl (C=O) groups is 1. The Morgan fingerprint density at radius 3 is 2.83 bits per heavy atom. The van der Waals surface area contributed by atoms with Gasteiger partial charge in [0.25, 0.3) is 0 Å². The van der Waals surface area contributed by atoms with Crippen LogP contribution in [0, 0.1) is 0 Å². The highest BCUT2D eigenvalue weighted by molar-refractivity contribution is 8.00. The molecule has 1 heterocycles. The van der Waals surface area contributed by atoms with Crippen LogP contribution in [-0.4, -0.2) is 34.3 Å². The molecule has 0 radical (unpaired) electrons. The van der Waals surface area contributed by atoms with Crippen molar-refractivity contribution >= 4 is 17.7 Å². The first-order valence-electron chi connectivity index (χ1n) is 4.00. The summed E-state index contributed by atoms with van der Waals surface area (Å²) in [7, 11) is 0. The predicted molar refractivity (Wildman–Crippen MR) is 48.5 cm³/mol. The number of rotatable bonds is 3. The van der Waals surface area contributed by atoms with Gasteiger partial charge >= 0.3 is 5.97 Å². The summed E-state index contributed by atoms with van der Waals surface area (Å²) in [5.74, 6) is 0.180. The van der Waals surface area contributed by atoms with Crippen LogP contribution in [0.3, 0.4) is 0 Å². The van der Waals surface area contributed by atoms with Crippen LogP contribution in [0.1, 0.15) is 20.3 Å². The van der Waals surface area contributed by atoms with E-state index in [-0.39, 0.29) is 17.5 Å². The molecular formula is C8H14O3S. The normalized spacial score (nSPS) is 27.3. The van der Waals surface area contributed by atoms with Crippen molar-refractivity contribution in [1.82, 2.24) is 0 Å². The number of carboxylic acids is 1. The van der Waals surface area contributed by atoms with Crippen LogP contribution >= 0.6 is 11.8 Å². The molecule has 0 bridgehead atoms. The van der Waals surface area contributed by atoms with E-state index in [4.69, 9.17) is 9.84 Å². The summed E-state index contributed by atoms with van der Waals surface area (Å²) >= 11 is 1.84. The lowest BCUT2D eigenvalue weighted by Crippen LogP contribution is -2.32. The predicted octanol–water partition coefficient (Wildman–Crippen LogP) is 1.37. The summed E-state index contributed by atoms with van der Waals surface area (Å²) in [4.78, 5) is 10.2. The molecule has 0 aromatic rings. The molecule has 1 atom stereocenters. The Morgan fingerprint density at radius 1 is 1.75 bits per heavy atom. The third kappa shape index (κ3) is 2.38. The average Bonchev–Trinajstić information content (AvgIpc) is 2.25. The third-order valence-corrected chi connectivity index (χ3v) is 3.48. The van der Waals surface area contributed by atoms with Gasteiger partial charge in [0.1, 0.15) is 6.61 Å². The molecule has 1 saturated heterocycles. The maximum atomic E-state index is 10.2. The number of aliphatic carboxylic acids is 1. The van der Waals surface area contributed by atoms with E-state index in [9.17, 15) is 4.79 Å². The highest BCUT2D eigenvalue weighted by Gasteiger charge is 2.36. The van der Waals surface area contributed by atoms with Gasteiger partial charge in [0, 0.05) is 4.75 Å². The number of hydrogen-bond acceptors (Lipinski definition) is 3. The maximum Gasteiger partial charge on any atom is 0.329 e. The van der Waals surface area contributed by atoms with Crippen LogP contribution in [-0.2, 0) is 9.53 Å². The van der Waals surface area contributed by atoms with Crippen LogP contribution in [0.15, 0.2) is 0 Å². The molecule has 12 heavy (non-hydrogen) atoms. The van der Waals surface area contributed by atoms with Gasteiger partial charge in [0.05, 0.1) is 6.10 Å². The quantitative estimate of drug-likeness (QED) is 0.730. The van der Waals surface area contributed by atoms with Crippen LogP contribution in [0.25, 0.3) is 0 Å². The lowest BCUT2D eigenvalue weighted by Gasteiger charge is -2.25. The maximum absolute atomic E-state index is 10.2. The molecule has 70 valence electrons.